The van der Waals surface area contributed by atoms with E-state index in [-0.39, 0.29) is 17.3 Å². The molecule has 1 aliphatic rings. The molecule has 6 nitrogen and oxygen atoms in total. The van der Waals surface area contributed by atoms with Crippen molar-refractivity contribution in [1.29, 1.82) is 0 Å². The number of carbonyl (C=O) groups is 1. The van der Waals surface area contributed by atoms with Crippen molar-refractivity contribution >= 4 is 21.6 Å². The molecule has 0 saturated carbocycles. The Bertz CT molecular complexity index is 961. The van der Waals surface area contributed by atoms with Crippen LogP contribution >= 0.6 is 0 Å². The quantitative estimate of drug-likeness (QED) is 0.892. The molecule has 2 aromatic rings. The first-order valence-corrected chi connectivity index (χ1v) is 10.2. The molecule has 0 saturated heterocycles. The molecule has 0 fully saturated rings. The lowest BCUT2D eigenvalue weighted by molar-refractivity contribution is -0.116. The fourth-order valence-electron chi connectivity index (χ4n) is 3.44. The summed E-state index contributed by atoms with van der Waals surface area (Å²) in [6.45, 7) is 6.44. The van der Waals surface area contributed by atoms with Crippen LogP contribution in [0.5, 0.6) is 0 Å². The second kappa shape index (κ2) is 6.89. The number of aromatic nitrogens is 1. The van der Waals surface area contributed by atoms with Crippen LogP contribution in [0.15, 0.2) is 29.2 Å². The Balaban J connectivity index is 1.83. The Morgan fingerprint density at radius 2 is 1.96 bits per heavy atom. The second-order valence-electron chi connectivity index (χ2n) is 6.84. The molecule has 1 N–H and O–H groups in total. The third-order valence-electron chi connectivity index (χ3n) is 5.19. The summed E-state index contributed by atoms with van der Waals surface area (Å²) in [6, 6.07) is 7.00. The van der Waals surface area contributed by atoms with E-state index in [1.54, 1.807) is 23.1 Å². The lowest BCUT2D eigenvalue weighted by Crippen LogP contribution is -2.33. The number of anilines is 1. The number of carbonyl (C=O) groups excluding carboxylic acids is 1. The number of hydrogen-bond acceptors (Lipinski definition) is 3. The zero-order valence-corrected chi connectivity index (χ0v) is 16.5. The first kappa shape index (κ1) is 18.7. The molecule has 7 heteroatoms. The number of benzene rings is 1. The summed E-state index contributed by atoms with van der Waals surface area (Å²) in [5, 5.41) is 0. The van der Waals surface area contributed by atoms with Crippen molar-refractivity contribution in [3.63, 3.8) is 0 Å². The summed E-state index contributed by atoms with van der Waals surface area (Å²) in [5.41, 5.74) is 4.83. The molecular weight excluding hydrogens is 350 g/mol. The van der Waals surface area contributed by atoms with Gasteiger partial charge < -0.3 is 9.47 Å². The predicted molar refractivity (Wildman–Crippen MR) is 102 cm³/mol. The van der Waals surface area contributed by atoms with Gasteiger partial charge in [-0.05, 0) is 62.1 Å². The minimum atomic E-state index is -3.61. The van der Waals surface area contributed by atoms with Crippen LogP contribution in [-0.2, 0) is 34.8 Å². The fourth-order valence-corrected chi connectivity index (χ4v) is 4.49. The van der Waals surface area contributed by atoms with E-state index in [2.05, 4.69) is 4.72 Å². The molecule has 0 bridgehead atoms. The van der Waals surface area contributed by atoms with E-state index in [0.29, 0.717) is 6.54 Å². The van der Waals surface area contributed by atoms with Crippen LogP contribution in [0.25, 0.3) is 0 Å². The molecule has 0 atom stereocenters. The molecule has 0 spiro atoms. The maximum atomic E-state index is 12.7. The highest BCUT2D eigenvalue weighted by Crippen LogP contribution is 2.29. The summed E-state index contributed by atoms with van der Waals surface area (Å²) in [4.78, 5) is 13.7. The van der Waals surface area contributed by atoms with Crippen molar-refractivity contribution in [2.24, 2.45) is 7.05 Å². The van der Waals surface area contributed by atoms with Crippen LogP contribution in [0.1, 0.15) is 35.9 Å². The summed E-state index contributed by atoms with van der Waals surface area (Å²) in [7, 11) is -1.65. The van der Waals surface area contributed by atoms with E-state index < -0.39 is 10.0 Å². The van der Waals surface area contributed by atoms with Crippen molar-refractivity contribution in [3.8, 4) is 0 Å². The average molecular weight is 375 g/mol. The van der Waals surface area contributed by atoms with Crippen molar-refractivity contribution in [3.05, 3.63) is 46.8 Å². The predicted octanol–water partition coefficient (Wildman–Crippen LogP) is 2.42. The van der Waals surface area contributed by atoms with E-state index in [1.165, 1.54) is 6.92 Å². The third-order valence-corrected chi connectivity index (χ3v) is 6.59. The van der Waals surface area contributed by atoms with Crippen LogP contribution in [0, 0.1) is 13.8 Å². The standard InChI is InChI=1S/C19H25N3O3S/c1-13-10-17(14(2)21(13)4)12-20-26(24,25)18-7-8-19-16(11-18)6-5-9-22(19)15(3)23/h7-8,10-11,20H,5-6,9,12H2,1-4H3. The fraction of sp³-hybridized carbons (Fsp3) is 0.421. The highest BCUT2D eigenvalue weighted by atomic mass is 32.2. The smallest absolute Gasteiger partial charge is 0.240 e. The molecule has 2 heterocycles. The number of hydrogen-bond donors (Lipinski definition) is 1. The zero-order valence-electron chi connectivity index (χ0n) is 15.7. The molecule has 1 aromatic heterocycles. The number of fused-ring (bicyclic) bond motifs is 1. The molecule has 0 radical (unpaired) electrons. The minimum Gasteiger partial charge on any atom is -0.352 e. The van der Waals surface area contributed by atoms with E-state index in [0.717, 1.165) is 41.0 Å². The van der Waals surface area contributed by atoms with Crippen molar-refractivity contribution in [2.75, 3.05) is 11.4 Å². The monoisotopic (exact) mass is 375 g/mol. The second-order valence-corrected chi connectivity index (χ2v) is 8.61. The van der Waals surface area contributed by atoms with Gasteiger partial charge in [-0.1, -0.05) is 0 Å². The Hall–Kier alpha value is -2.12. The van der Waals surface area contributed by atoms with Crippen LogP contribution < -0.4 is 9.62 Å². The maximum absolute atomic E-state index is 12.7. The van der Waals surface area contributed by atoms with Gasteiger partial charge in [-0.25, -0.2) is 13.1 Å². The molecule has 0 unspecified atom stereocenters. The number of rotatable bonds is 4. The number of amides is 1. The maximum Gasteiger partial charge on any atom is 0.240 e. The Morgan fingerprint density at radius 3 is 2.58 bits per heavy atom. The van der Waals surface area contributed by atoms with Gasteiger partial charge in [-0.15, -0.1) is 0 Å². The summed E-state index contributed by atoms with van der Waals surface area (Å²) in [6.07, 6.45) is 1.62. The van der Waals surface area contributed by atoms with Crippen molar-refractivity contribution in [2.45, 2.75) is 45.1 Å². The molecule has 140 valence electrons. The molecule has 3 rings (SSSR count). The highest BCUT2D eigenvalue weighted by Gasteiger charge is 2.23. The molecule has 1 amide bonds. The molecule has 1 aromatic carbocycles. The van der Waals surface area contributed by atoms with Gasteiger partial charge in [0.05, 0.1) is 4.90 Å². The van der Waals surface area contributed by atoms with Gasteiger partial charge >= 0.3 is 0 Å². The Morgan fingerprint density at radius 1 is 1.23 bits per heavy atom. The first-order valence-electron chi connectivity index (χ1n) is 8.73. The SMILES string of the molecule is CC(=O)N1CCCc2cc(S(=O)(=O)NCc3cc(C)n(C)c3C)ccc21. The summed E-state index contributed by atoms with van der Waals surface area (Å²) >= 11 is 0. The van der Waals surface area contributed by atoms with E-state index in [9.17, 15) is 13.2 Å². The van der Waals surface area contributed by atoms with Crippen LogP contribution in [0.2, 0.25) is 0 Å². The first-order chi connectivity index (χ1) is 12.2. The largest absolute Gasteiger partial charge is 0.352 e. The normalized spacial score (nSPS) is 14.4. The average Bonchev–Trinajstić information content (AvgIpc) is 2.85. The van der Waals surface area contributed by atoms with E-state index in [4.69, 9.17) is 0 Å². The molecule has 1 aliphatic heterocycles. The highest BCUT2D eigenvalue weighted by molar-refractivity contribution is 7.89. The number of aryl methyl sites for hydroxylation is 2. The van der Waals surface area contributed by atoms with Gasteiger partial charge in [0, 0.05) is 44.1 Å². The lowest BCUT2D eigenvalue weighted by Gasteiger charge is -2.28. The minimum absolute atomic E-state index is 0.0189. The Kier molecular flexibility index (Phi) is 4.94. The van der Waals surface area contributed by atoms with Crippen molar-refractivity contribution in [1.82, 2.24) is 9.29 Å². The van der Waals surface area contributed by atoms with Gasteiger partial charge in [0.25, 0.3) is 0 Å². The Labute approximate surface area is 154 Å². The van der Waals surface area contributed by atoms with Gasteiger partial charge in [0.1, 0.15) is 0 Å². The third kappa shape index (κ3) is 3.41. The number of nitrogens with one attached hydrogen (secondary N) is 1. The zero-order chi connectivity index (χ0) is 19.1. The van der Waals surface area contributed by atoms with Gasteiger partial charge in [-0.2, -0.15) is 0 Å². The summed E-state index contributed by atoms with van der Waals surface area (Å²) in [5.74, 6) is -0.0189. The van der Waals surface area contributed by atoms with Crippen LogP contribution in [0.4, 0.5) is 5.69 Å². The topological polar surface area (TPSA) is 71.4 Å². The van der Waals surface area contributed by atoms with Gasteiger partial charge in [-0.3, -0.25) is 4.79 Å². The molecule has 0 aliphatic carbocycles. The number of nitrogens with zero attached hydrogens (tertiary/aromatic N) is 2. The summed E-state index contributed by atoms with van der Waals surface area (Å²) < 4.78 is 30.2. The van der Waals surface area contributed by atoms with Crippen LogP contribution in [0.3, 0.4) is 0 Å². The van der Waals surface area contributed by atoms with E-state index >= 15 is 0 Å². The van der Waals surface area contributed by atoms with Crippen LogP contribution in [-0.4, -0.2) is 25.4 Å². The van der Waals surface area contributed by atoms with Crippen molar-refractivity contribution < 1.29 is 13.2 Å². The lowest BCUT2D eigenvalue weighted by atomic mass is 10.0. The van der Waals surface area contributed by atoms with Gasteiger partial charge in [0.2, 0.25) is 15.9 Å². The molecule has 26 heavy (non-hydrogen) atoms. The molecular formula is C19H25N3O3S. The van der Waals surface area contributed by atoms with E-state index in [1.807, 2.05) is 31.5 Å². The number of sulfonamides is 1. The van der Waals surface area contributed by atoms with Gasteiger partial charge in [0.15, 0.2) is 0 Å².